The van der Waals surface area contributed by atoms with Crippen LogP contribution >= 0.6 is 11.8 Å². The predicted octanol–water partition coefficient (Wildman–Crippen LogP) is 3.31. The molecule has 1 aromatic heterocycles. The zero-order chi connectivity index (χ0) is 17.7. The summed E-state index contributed by atoms with van der Waals surface area (Å²) in [5, 5.41) is 10.3. The molecule has 4 saturated carbocycles. The Balaban J connectivity index is 1.36. The van der Waals surface area contributed by atoms with Crippen LogP contribution in [0.15, 0.2) is 9.64 Å². The van der Waals surface area contributed by atoms with E-state index in [4.69, 9.17) is 4.42 Å². The third-order valence-electron chi connectivity index (χ3n) is 5.71. The number of carbonyl (C=O) groups is 1. The predicted molar refractivity (Wildman–Crippen MR) is 83.9 cm³/mol. The molecule has 0 unspecified atom stereocenters. The molecule has 9 heteroatoms. The van der Waals surface area contributed by atoms with Crippen LogP contribution in [0.25, 0.3) is 0 Å². The fourth-order valence-corrected chi connectivity index (χ4v) is 5.83. The minimum atomic E-state index is -4.41. The molecular weight excluding hydrogens is 355 g/mol. The number of hydrogen-bond donors (Lipinski definition) is 1. The SMILES string of the molecule is O=C(CSc1nnc(C23CC4CC(CC(C4)C2)C3)o1)NCC(F)(F)F. The van der Waals surface area contributed by atoms with Gasteiger partial charge in [0.1, 0.15) is 6.54 Å². The summed E-state index contributed by atoms with van der Waals surface area (Å²) in [5.74, 6) is 2.05. The molecule has 138 valence electrons. The fraction of sp³-hybridized carbons (Fsp3) is 0.812. The van der Waals surface area contributed by atoms with E-state index in [0.29, 0.717) is 5.89 Å². The second-order valence-corrected chi connectivity index (χ2v) is 8.68. The van der Waals surface area contributed by atoms with E-state index in [1.165, 1.54) is 19.3 Å². The van der Waals surface area contributed by atoms with E-state index >= 15 is 0 Å². The second-order valence-electron chi connectivity index (χ2n) is 7.75. The summed E-state index contributed by atoms with van der Waals surface area (Å²) >= 11 is 0.984. The fourth-order valence-electron chi connectivity index (χ4n) is 5.23. The molecule has 4 fully saturated rings. The molecule has 1 heterocycles. The Bertz CT molecular complexity index is 626. The maximum atomic E-state index is 12.1. The molecular formula is C16H20F3N3O2S. The maximum absolute atomic E-state index is 12.1. The normalized spacial score (nSPS) is 33.6. The van der Waals surface area contributed by atoms with Crippen molar-refractivity contribution in [1.82, 2.24) is 15.5 Å². The average Bonchev–Trinajstić information content (AvgIpc) is 2.99. The molecule has 25 heavy (non-hydrogen) atoms. The first-order valence-electron chi connectivity index (χ1n) is 8.61. The van der Waals surface area contributed by atoms with Gasteiger partial charge in [-0.3, -0.25) is 4.79 Å². The lowest BCUT2D eigenvalue weighted by Crippen LogP contribution is -2.48. The van der Waals surface area contributed by atoms with Gasteiger partial charge >= 0.3 is 6.18 Å². The van der Waals surface area contributed by atoms with Gasteiger partial charge in [0.05, 0.1) is 5.75 Å². The highest BCUT2D eigenvalue weighted by molar-refractivity contribution is 7.99. The van der Waals surface area contributed by atoms with Gasteiger partial charge in [-0.1, -0.05) is 11.8 Å². The molecule has 0 aromatic carbocycles. The van der Waals surface area contributed by atoms with Crippen LogP contribution in [0.1, 0.15) is 44.4 Å². The number of nitrogens with one attached hydrogen (secondary N) is 1. The van der Waals surface area contributed by atoms with E-state index in [1.54, 1.807) is 0 Å². The zero-order valence-electron chi connectivity index (χ0n) is 13.6. The molecule has 1 amide bonds. The van der Waals surface area contributed by atoms with Crippen LogP contribution in [0.4, 0.5) is 13.2 Å². The van der Waals surface area contributed by atoms with Crippen LogP contribution in [0.5, 0.6) is 0 Å². The van der Waals surface area contributed by atoms with E-state index in [2.05, 4.69) is 10.2 Å². The van der Waals surface area contributed by atoms with Gasteiger partial charge in [0.15, 0.2) is 0 Å². The van der Waals surface area contributed by atoms with Crippen LogP contribution in [-0.2, 0) is 10.2 Å². The van der Waals surface area contributed by atoms with E-state index in [-0.39, 0.29) is 16.4 Å². The van der Waals surface area contributed by atoms with Crippen LogP contribution in [-0.4, -0.2) is 34.6 Å². The lowest BCUT2D eigenvalue weighted by Gasteiger charge is -2.55. The van der Waals surface area contributed by atoms with E-state index in [9.17, 15) is 18.0 Å². The van der Waals surface area contributed by atoms with Crippen molar-refractivity contribution < 1.29 is 22.4 Å². The molecule has 1 aromatic rings. The van der Waals surface area contributed by atoms with Crippen molar-refractivity contribution in [3.05, 3.63) is 5.89 Å². The number of aromatic nitrogens is 2. The van der Waals surface area contributed by atoms with Crippen molar-refractivity contribution in [1.29, 1.82) is 0 Å². The van der Waals surface area contributed by atoms with Gasteiger partial charge in [0.25, 0.3) is 5.22 Å². The standard InChI is InChI=1S/C16H20F3N3O2S/c17-16(18,19)8-20-12(23)7-25-14-22-21-13(24-14)15-4-9-1-10(5-15)3-11(2-9)6-15/h9-11H,1-8H2,(H,20,23). The molecule has 1 N–H and O–H groups in total. The van der Waals surface area contributed by atoms with Crippen molar-refractivity contribution in [2.24, 2.45) is 17.8 Å². The number of halogens is 3. The van der Waals surface area contributed by atoms with Crippen molar-refractivity contribution in [3.63, 3.8) is 0 Å². The minimum absolute atomic E-state index is 0.0148. The first-order valence-corrected chi connectivity index (χ1v) is 9.60. The third kappa shape index (κ3) is 3.66. The van der Waals surface area contributed by atoms with Crippen LogP contribution in [0.3, 0.4) is 0 Å². The molecule has 5 rings (SSSR count). The van der Waals surface area contributed by atoms with Crippen LogP contribution in [0.2, 0.25) is 0 Å². The van der Waals surface area contributed by atoms with Gasteiger partial charge in [-0.05, 0) is 56.3 Å². The molecule has 4 bridgehead atoms. The van der Waals surface area contributed by atoms with Crippen LogP contribution in [0, 0.1) is 17.8 Å². The van der Waals surface area contributed by atoms with E-state index < -0.39 is 18.6 Å². The summed E-state index contributed by atoms with van der Waals surface area (Å²) < 4.78 is 42.0. The summed E-state index contributed by atoms with van der Waals surface area (Å²) in [6.45, 7) is -1.32. The number of alkyl halides is 3. The highest BCUT2D eigenvalue weighted by Gasteiger charge is 2.54. The zero-order valence-corrected chi connectivity index (χ0v) is 14.5. The Morgan fingerprint density at radius 3 is 2.32 bits per heavy atom. The molecule has 0 atom stereocenters. The molecule has 0 aliphatic heterocycles. The Hall–Kier alpha value is -1.25. The molecule has 0 radical (unpaired) electrons. The van der Waals surface area contributed by atoms with Gasteiger partial charge < -0.3 is 9.73 Å². The Labute approximate surface area is 147 Å². The monoisotopic (exact) mass is 375 g/mol. The Morgan fingerprint density at radius 1 is 1.16 bits per heavy atom. The van der Waals surface area contributed by atoms with Gasteiger partial charge in [0, 0.05) is 5.41 Å². The largest absolute Gasteiger partial charge is 0.415 e. The van der Waals surface area contributed by atoms with Gasteiger partial charge in [0.2, 0.25) is 11.8 Å². The number of nitrogens with zero attached hydrogens (tertiary/aromatic N) is 2. The first-order chi connectivity index (χ1) is 11.8. The lowest BCUT2D eigenvalue weighted by atomic mass is 9.49. The molecule has 0 spiro atoms. The number of amides is 1. The van der Waals surface area contributed by atoms with Gasteiger partial charge in [-0.25, -0.2) is 0 Å². The van der Waals surface area contributed by atoms with Gasteiger partial charge in [-0.15, -0.1) is 10.2 Å². The minimum Gasteiger partial charge on any atom is -0.415 e. The quantitative estimate of drug-likeness (QED) is 0.800. The Kier molecular flexibility index (Phi) is 4.24. The third-order valence-corrected chi connectivity index (χ3v) is 6.53. The smallest absolute Gasteiger partial charge is 0.405 e. The highest BCUT2D eigenvalue weighted by Crippen LogP contribution is 2.60. The average molecular weight is 375 g/mol. The second kappa shape index (κ2) is 6.17. The molecule has 0 saturated heterocycles. The van der Waals surface area contributed by atoms with E-state index in [0.717, 1.165) is 48.8 Å². The molecule has 4 aliphatic carbocycles. The number of hydrogen-bond acceptors (Lipinski definition) is 5. The number of rotatable bonds is 5. The summed E-state index contributed by atoms with van der Waals surface area (Å²) in [5.41, 5.74) is -0.0148. The van der Waals surface area contributed by atoms with Crippen molar-refractivity contribution >= 4 is 17.7 Å². The van der Waals surface area contributed by atoms with Crippen LogP contribution < -0.4 is 5.32 Å². The maximum Gasteiger partial charge on any atom is 0.405 e. The van der Waals surface area contributed by atoms with E-state index in [1.807, 2.05) is 5.32 Å². The summed E-state index contributed by atoms with van der Waals surface area (Å²) in [7, 11) is 0. The lowest BCUT2D eigenvalue weighted by molar-refractivity contribution is -0.136. The molecule has 4 aliphatic rings. The summed E-state index contributed by atoms with van der Waals surface area (Å²) in [6, 6.07) is 0. The van der Waals surface area contributed by atoms with Crippen molar-refractivity contribution in [3.8, 4) is 0 Å². The first kappa shape index (κ1) is 17.2. The van der Waals surface area contributed by atoms with Crippen molar-refractivity contribution in [2.45, 2.75) is 55.3 Å². The topological polar surface area (TPSA) is 68.0 Å². The molecule has 5 nitrogen and oxygen atoms in total. The Morgan fingerprint density at radius 2 is 1.76 bits per heavy atom. The summed E-state index contributed by atoms with van der Waals surface area (Å²) in [4.78, 5) is 11.5. The van der Waals surface area contributed by atoms with Gasteiger partial charge in [-0.2, -0.15) is 13.2 Å². The summed E-state index contributed by atoms with van der Waals surface area (Å²) in [6.07, 6.45) is 2.82. The van der Waals surface area contributed by atoms with Crippen molar-refractivity contribution in [2.75, 3.05) is 12.3 Å². The number of carbonyl (C=O) groups excluding carboxylic acids is 1. The number of thioether (sulfide) groups is 1. The highest BCUT2D eigenvalue weighted by atomic mass is 32.2.